The number of anilines is 1. The molecular weight excluding hydrogens is 404 g/mol. The molecule has 2 amide bonds. The van der Waals surface area contributed by atoms with E-state index in [4.69, 9.17) is 4.74 Å². The van der Waals surface area contributed by atoms with Crippen LogP contribution in [0.3, 0.4) is 0 Å². The number of carbonyl (C=O) groups is 3. The van der Waals surface area contributed by atoms with Crippen molar-refractivity contribution in [2.45, 2.75) is 17.7 Å². The molecule has 0 bridgehead atoms. The third-order valence-electron chi connectivity index (χ3n) is 4.91. The highest BCUT2D eigenvalue weighted by atomic mass is 32.2. The largest absolute Gasteiger partial charge is 0.453 e. The molecule has 2 aliphatic rings. The number of thioether (sulfide) groups is 1. The topological polar surface area (TPSA) is 100 Å². The average molecular weight is 424 g/mol. The van der Waals surface area contributed by atoms with Crippen LogP contribution in [0.1, 0.15) is 12.8 Å². The summed E-state index contributed by atoms with van der Waals surface area (Å²) in [5.41, 5.74) is 1.95. The van der Waals surface area contributed by atoms with Gasteiger partial charge in [-0.15, -0.1) is 11.8 Å². The maximum absolute atomic E-state index is 12.5. The zero-order valence-corrected chi connectivity index (χ0v) is 16.9. The first-order chi connectivity index (χ1) is 14.6. The van der Waals surface area contributed by atoms with Gasteiger partial charge in [0.2, 0.25) is 5.91 Å². The van der Waals surface area contributed by atoms with Crippen molar-refractivity contribution in [1.29, 1.82) is 0 Å². The predicted octanol–water partition coefficient (Wildman–Crippen LogP) is 3.65. The standard InChI is InChI=1S/C21H20N4O4S/c26-18(14-29-20(28)21-11-10-19(27)25(21)12-13-30-21)22-15-6-8-17(9-7-15)24-23-16-4-2-1-3-5-16/h1-9H,10-14H2,(H,22,26). The average Bonchev–Trinajstić information content (AvgIpc) is 3.34. The molecule has 0 spiro atoms. The Morgan fingerprint density at radius 3 is 2.50 bits per heavy atom. The summed E-state index contributed by atoms with van der Waals surface area (Å²) in [7, 11) is 0. The van der Waals surface area contributed by atoms with Gasteiger partial charge < -0.3 is 15.0 Å². The van der Waals surface area contributed by atoms with E-state index < -0.39 is 23.4 Å². The number of amides is 2. The molecule has 4 rings (SSSR count). The van der Waals surface area contributed by atoms with Gasteiger partial charge in [0, 0.05) is 24.4 Å². The Morgan fingerprint density at radius 2 is 1.77 bits per heavy atom. The van der Waals surface area contributed by atoms with E-state index in [0.29, 0.717) is 36.5 Å². The van der Waals surface area contributed by atoms with E-state index in [9.17, 15) is 14.4 Å². The van der Waals surface area contributed by atoms with Gasteiger partial charge in [0.25, 0.3) is 5.91 Å². The van der Waals surface area contributed by atoms with Gasteiger partial charge in [0.1, 0.15) is 0 Å². The fraction of sp³-hybridized carbons (Fsp3) is 0.286. The van der Waals surface area contributed by atoms with Crippen molar-refractivity contribution in [1.82, 2.24) is 4.90 Å². The minimum Gasteiger partial charge on any atom is -0.453 e. The highest BCUT2D eigenvalue weighted by Crippen LogP contribution is 2.45. The first-order valence-electron chi connectivity index (χ1n) is 9.55. The molecule has 1 unspecified atom stereocenters. The number of rotatable bonds is 6. The van der Waals surface area contributed by atoms with Crippen LogP contribution >= 0.6 is 11.8 Å². The Labute approximate surface area is 177 Å². The predicted molar refractivity (Wildman–Crippen MR) is 113 cm³/mol. The third-order valence-corrected chi connectivity index (χ3v) is 6.37. The Balaban J connectivity index is 1.28. The lowest BCUT2D eigenvalue weighted by Gasteiger charge is -2.28. The molecular formula is C21H20N4O4S. The molecule has 0 radical (unpaired) electrons. The number of ether oxygens (including phenoxy) is 1. The van der Waals surface area contributed by atoms with Crippen molar-refractivity contribution in [3.8, 4) is 0 Å². The SMILES string of the molecule is O=C(COC(=O)C12CCC(=O)N1CCS2)Nc1ccc(N=Nc2ccccc2)cc1. The third kappa shape index (κ3) is 4.20. The van der Waals surface area contributed by atoms with Gasteiger partial charge in [-0.2, -0.15) is 10.2 Å². The molecule has 2 fully saturated rings. The molecule has 9 heteroatoms. The van der Waals surface area contributed by atoms with Gasteiger partial charge in [-0.3, -0.25) is 9.59 Å². The number of hydrogen-bond acceptors (Lipinski definition) is 7. The number of fused-ring (bicyclic) bond motifs is 1. The van der Waals surface area contributed by atoms with Gasteiger partial charge in [-0.1, -0.05) is 18.2 Å². The van der Waals surface area contributed by atoms with Crippen molar-refractivity contribution in [3.63, 3.8) is 0 Å². The van der Waals surface area contributed by atoms with Gasteiger partial charge in [0.05, 0.1) is 11.4 Å². The number of benzene rings is 2. The highest BCUT2D eigenvalue weighted by molar-refractivity contribution is 8.01. The van der Waals surface area contributed by atoms with Crippen LogP contribution in [-0.4, -0.2) is 46.5 Å². The van der Waals surface area contributed by atoms with Gasteiger partial charge in [-0.05, 0) is 42.8 Å². The van der Waals surface area contributed by atoms with Crippen molar-refractivity contribution in [2.24, 2.45) is 10.2 Å². The van der Waals surface area contributed by atoms with E-state index in [-0.39, 0.29) is 5.91 Å². The second-order valence-corrected chi connectivity index (χ2v) is 8.26. The van der Waals surface area contributed by atoms with Crippen molar-refractivity contribution < 1.29 is 19.1 Å². The molecule has 0 saturated carbocycles. The second-order valence-electron chi connectivity index (χ2n) is 6.88. The van der Waals surface area contributed by atoms with Crippen molar-refractivity contribution in [2.75, 3.05) is 24.2 Å². The molecule has 2 aromatic carbocycles. The molecule has 0 aromatic heterocycles. The summed E-state index contributed by atoms with van der Waals surface area (Å²) in [6.45, 7) is 0.136. The Bertz CT molecular complexity index is 980. The van der Waals surface area contributed by atoms with E-state index in [1.165, 1.54) is 11.8 Å². The van der Waals surface area contributed by atoms with Crippen LogP contribution < -0.4 is 5.32 Å². The molecule has 154 valence electrons. The van der Waals surface area contributed by atoms with E-state index in [0.717, 1.165) is 5.69 Å². The van der Waals surface area contributed by atoms with E-state index in [2.05, 4.69) is 15.5 Å². The lowest BCUT2D eigenvalue weighted by atomic mass is 10.2. The smallest absolute Gasteiger partial charge is 0.343 e. The van der Waals surface area contributed by atoms with Crippen LogP contribution in [0.4, 0.5) is 17.1 Å². The van der Waals surface area contributed by atoms with Crippen LogP contribution in [-0.2, 0) is 19.1 Å². The van der Waals surface area contributed by atoms with E-state index in [1.807, 2.05) is 30.3 Å². The second kappa shape index (κ2) is 8.66. The number of hydrogen-bond donors (Lipinski definition) is 1. The zero-order chi connectivity index (χ0) is 21.0. The Kier molecular flexibility index (Phi) is 5.80. The van der Waals surface area contributed by atoms with Crippen LogP contribution in [0.5, 0.6) is 0 Å². The maximum Gasteiger partial charge on any atom is 0.343 e. The van der Waals surface area contributed by atoms with E-state index in [1.54, 1.807) is 29.2 Å². The fourth-order valence-electron chi connectivity index (χ4n) is 3.44. The minimum atomic E-state index is -0.956. The summed E-state index contributed by atoms with van der Waals surface area (Å²) in [6.07, 6.45) is 0.762. The number of azo groups is 1. The summed E-state index contributed by atoms with van der Waals surface area (Å²) in [4.78, 5) is 37.2. The Hall–Kier alpha value is -3.20. The summed E-state index contributed by atoms with van der Waals surface area (Å²) in [6, 6.07) is 16.2. The Morgan fingerprint density at radius 1 is 1.07 bits per heavy atom. The minimum absolute atomic E-state index is 0.0362. The first kappa shape index (κ1) is 20.1. The molecule has 2 aliphatic heterocycles. The molecule has 1 atom stereocenters. The van der Waals surface area contributed by atoms with Crippen LogP contribution in [0.25, 0.3) is 0 Å². The summed E-state index contributed by atoms with van der Waals surface area (Å²) in [5, 5.41) is 11.0. The summed E-state index contributed by atoms with van der Waals surface area (Å²) in [5.74, 6) is -0.313. The lowest BCUT2D eigenvalue weighted by Crippen LogP contribution is -2.46. The van der Waals surface area contributed by atoms with Crippen LogP contribution in [0, 0.1) is 0 Å². The summed E-state index contributed by atoms with van der Waals surface area (Å²) < 4.78 is 5.23. The number of esters is 1. The molecule has 30 heavy (non-hydrogen) atoms. The van der Waals surface area contributed by atoms with Gasteiger partial charge in [0.15, 0.2) is 11.5 Å². The van der Waals surface area contributed by atoms with Crippen molar-refractivity contribution >= 4 is 46.6 Å². The number of nitrogens with one attached hydrogen (secondary N) is 1. The molecule has 0 aliphatic carbocycles. The maximum atomic E-state index is 12.5. The van der Waals surface area contributed by atoms with Crippen LogP contribution in [0.15, 0.2) is 64.8 Å². The zero-order valence-electron chi connectivity index (χ0n) is 16.1. The fourth-order valence-corrected chi connectivity index (χ4v) is 4.83. The highest BCUT2D eigenvalue weighted by Gasteiger charge is 2.56. The quantitative estimate of drug-likeness (QED) is 0.564. The van der Waals surface area contributed by atoms with Gasteiger partial charge >= 0.3 is 5.97 Å². The van der Waals surface area contributed by atoms with E-state index >= 15 is 0 Å². The van der Waals surface area contributed by atoms with Gasteiger partial charge in [-0.25, -0.2) is 4.79 Å². The number of carbonyl (C=O) groups excluding carboxylic acids is 3. The normalized spacial score (nSPS) is 20.4. The molecule has 2 saturated heterocycles. The molecule has 1 N–H and O–H groups in total. The van der Waals surface area contributed by atoms with Crippen molar-refractivity contribution in [3.05, 3.63) is 54.6 Å². The first-order valence-corrected chi connectivity index (χ1v) is 10.5. The molecule has 2 aromatic rings. The molecule has 2 heterocycles. The monoisotopic (exact) mass is 424 g/mol. The molecule has 8 nitrogen and oxygen atoms in total. The van der Waals surface area contributed by atoms with Crippen LogP contribution in [0.2, 0.25) is 0 Å². The lowest BCUT2D eigenvalue weighted by molar-refractivity contribution is -0.155. The number of nitrogens with zero attached hydrogens (tertiary/aromatic N) is 3. The summed E-state index contributed by atoms with van der Waals surface area (Å²) >= 11 is 1.41.